The molecular formula is C13H17FN2O3S. The Morgan fingerprint density at radius 1 is 1.50 bits per heavy atom. The minimum Gasteiger partial charge on any atom is -0.380 e. The third kappa shape index (κ3) is 4.58. The van der Waals surface area contributed by atoms with Gasteiger partial charge in [0.15, 0.2) is 0 Å². The van der Waals surface area contributed by atoms with Gasteiger partial charge in [-0.05, 0) is 25.1 Å². The normalized spacial score (nSPS) is 12.6. The lowest BCUT2D eigenvalue weighted by Crippen LogP contribution is -2.32. The first-order valence-corrected chi connectivity index (χ1v) is 7.40. The van der Waals surface area contributed by atoms with Crippen molar-refractivity contribution in [1.82, 2.24) is 4.72 Å². The van der Waals surface area contributed by atoms with Crippen LogP contribution in [-0.2, 0) is 14.8 Å². The highest BCUT2D eigenvalue weighted by atomic mass is 32.2. The molecule has 0 saturated heterocycles. The second kappa shape index (κ2) is 7.36. The average molecular weight is 300 g/mol. The monoisotopic (exact) mass is 300 g/mol. The van der Waals surface area contributed by atoms with Crippen molar-refractivity contribution in [2.75, 3.05) is 20.2 Å². The van der Waals surface area contributed by atoms with Gasteiger partial charge in [-0.1, -0.05) is 11.8 Å². The fraction of sp³-hybridized carbons (Fsp3) is 0.385. The maximum Gasteiger partial charge on any atom is 0.241 e. The first kappa shape index (κ1) is 16.6. The highest BCUT2D eigenvalue weighted by Gasteiger charge is 2.19. The van der Waals surface area contributed by atoms with E-state index in [4.69, 9.17) is 10.5 Å². The fourth-order valence-corrected chi connectivity index (χ4v) is 2.62. The first-order valence-electron chi connectivity index (χ1n) is 5.91. The zero-order chi connectivity index (χ0) is 15.2. The molecule has 7 heteroatoms. The predicted molar refractivity (Wildman–Crippen MR) is 74.0 cm³/mol. The molecule has 1 unspecified atom stereocenters. The topological polar surface area (TPSA) is 81.4 Å². The summed E-state index contributed by atoms with van der Waals surface area (Å²) in [4.78, 5) is -0.0804. The molecule has 0 heterocycles. The van der Waals surface area contributed by atoms with Gasteiger partial charge in [0.05, 0.1) is 17.5 Å². The second-order valence-corrected chi connectivity index (χ2v) is 5.78. The smallest absolute Gasteiger partial charge is 0.241 e. The van der Waals surface area contributed by atoms with Crippen LogP contribution >= 0.6 is 0 Å². The Bertz CT molecular complexity index is 620. The Hall–Kier alpha value is -1.46. The molecular weight excluding hydrogens is 283 g/mol. The van der Waals surface area contributed by atoms with Crippen molar-refractivity contribution in [3.8, 4) is 11.8 Å². The van der Waals surface area contributed by atoms with Gasteiger partial charge in [0, 0.05) is 19.2 Å². The summed E-state index contributed by atoms with van der Waals surface area (Å²) in [7, 11) is -2.30. The number of benzene rings is 1. The van der Waals surface area contributed by atoms with E-state index in [9.17, 15) is 12.8 Å². The number of sulfonamides is 1. The quantitative estimate of drug-likeness (QED) is 0.774. The largest absolute Gasteiger partial charge is 0.380 e. The summed E-state index contributed by atoms with van der Waals surface area (Å²) in [6.07, 6.45) is -0.274. The molecule has 1 aromatic carbocycles. The van der Waals surface area contributed by atoms with Crippen molar-refractivity contribution in [3.05, 3.63) is 29.6 Å². The van der Waals surface area contributed by atoms with Crippen molar-refractivity contribution in [2.45, 2.75) is 17.9 Å². The van der Waals surface area contributed by atoms with Crippen LogP contribution in [0.15, 0.2) is 23.1 Å². The molecule has 0 radical (unpaired) electrons. The van der Waals surface area contributed by atoms with E-state index in [0.717, 1.165) is 12.1 Å². The minimum absolute atomic E-state index is 0.0597. The van der Waals surface area contributed by atoms with Crippen molar-refractivity contribution in [3.63, 3.8) is 0 Å². The van der Waals surface area contributed by atoms with Crippen molar-refractivity contribution in [1.29, 1.82) is 0 Å². The number of halogens is 1. The van der Waals surface area contributed by atoms with Crippen LogP contribution in [0.2, 0.25) is 0 Å². The molecule has 0 aliphatic heterocycles. The molecule has 110 valence electrons. The van der Waals surface area contributed by atoms with Crippen LogP contribution in [0.1, 0.15) is 12.5 Å². The fourth-order valence-electron chi connectivity index (χ4n) is 1.37. The number of hydrogen-bond donors (Lipinski definition) is 2. The molecule has 0 bridgehead atoms. The second-order valence-electron chi connectivity index (χ2n) is 4.04. The standard InChI is InChI=1S/C13H17FN2O3S/c1-10(19-2)9-16-20(17,18)13-6-5-12(14)8-11(13)4-3-7-15/h5-6,8,10,16H,7,9,15H2,1-2H3. The van der Waals surface area contributed by atoms with E-state index in [-0.39, 0.29) is 29.7 Å². The number of nitrogens with one attached hydrogen (secondary N) is 1. The summed E-state index contributed by atoms with van der Waals surface area (Å²) in [5, 5.41) is 0. The van der Waals surface area contributed by atoms with Crippen molar-refractivity contribution >= 4 is 10.0 Å². The third-order valence-electron chi connectivity index (χ3n) is 2.52. The van der Waals surface area contributed by atoms with Gasteiger partial charge in [-0.25, -0.2) is 17.5 Å². The van der Waals surface area contributed by atoms with Crippen LogP contribution in [0.5, 0.6) is 0 Å². The Kier molecular flexibility index (Phi) is 6.10. The Balaban J connectivity index is 3.11. The molecule has 1 rings (SSSR count). The Labute approximate surface area is 118 Å². The zero-order valence-electron chi connectivity index (χ0n) is 11.3. The molecule has 20 heavy (non-hydrogen) atoms. The van der Waals surface area contributed by atoms with Crippen LogP contribution < -0.4 is 10.5 Å². The van der Waals surface area contributed by atoms with Crippen molar-refractivity contribution < 1.29 is 17.5 Å². The van der Waals surface area contributed by atoms with E-state index in [1.807, 2.05) is 0 Å². The summed E-state index contributed by atoms with van der Waals surface area (Å²) in [6.45, 7) is 1.90. The van der Waals surface area contributed by atoms with E-state index in [1.165, 1.54) is 13.2 Å². The van der Waals surface area contributed by atoms with E-state index in [1.54, 1.807) is 6.92 Å². The molecule has 0 fully saturated rings. The van der Waals surface area contributed by atoms with Gasteiger partial charge >= 0.3 is 0 Å². The van der Waals surface area contributed by atoms with E-state index in [0.29, 0.717) is 0 Å². The number of nitrogens with two attached hydrogens (primary N) is 1. The van der Waals surface area contributed by atoms with E-state index >= 15 is 0 Å². The van der Waals surface area contributed by atoms with Crippen LogP contribution in [0.4, 0.5) is 4.39 Å². The van der Waals surface area contributed by atoms with Crippen LogP contribution in [0, 0.1) is 17.7 Å². The number of methoxy groups -OCH3 is 1. The molecule has 1 aromatic rings. The van der Waals surface area contributed by atoms with Gasteiger partial charge in [0.1, 0.15) is 5.82 Å². The summed E-state index contributed by atoms with van der Waals surface area (Å²) >= 11 is 0. The summed E-state index contributed by atoms with van der Waals surface area (Å²) in [6, 6.07) is 3.31. The maximum atomic E-state index is 13.2. The third-order valence-corrected chi connectivity index (χ3v) is 4.00. The van der Waals surface area contributed by atoms with Crippen molar-refractivity contribution in [2.24, 2.45) is 5.73 Å². The molecule has 1 atom stereocenters. The highest BCUT2D eigenvalue weighted by molar-refractivity contribution is 7.89. The van der Waals surface area contributed by atoms with Gasteiger partial charge in [0.25, 0.3) is 0 Å². The number of ether oxygens (including phenoxy) is 1. The van der Waals surface area contributed by atoms with Gasteiger partial charge < -0.3 is 10.5 Å². The Morgan fingerprint density at radius 3 is 2.80 bits per heavy atom. The maximum absolute atomic E-state index is 13.2. The molecule has 0 aliphatic rings. The average Bonchev–Trinajstić information content (AvgIpc) is 2.42. The molecule has 5 nitrogen and oxygen atoms in total. The lowest BCUT2D eigenvalue weighted by molar-refractivity contribution is 0.122. The minimum atomic E-state index is -3.78. The number of rotatable bonds is 5. The molecule has 3 N–H and O–H groups in total. The highest BCUT2D eigenvalue weighted by Crippen LogP contribution is 2.16. The Morgan fingerprint density at radius 2 is 2.20 bits per heavy atom. The van der Waals surface area contributed by atoms with Crippen LogP contribution in [0.25, 0.3) is 0 Å². The lowest BCUT2D eigenvalue weighted by Gasteiger charge is -2.12. The summed E-state index contributed by atoms with van der Waals surface area (Å²) in [5.74, 6) is 4.51. The van der Waals surface area contributed by atoms with Crippen LogP contribution in [0.3, 0.4) is 0 Å². The first-order chi connectivity index (χ1) is 9.40. The van der Waals surface area contributed by atoms with Gasteiger partial charge in [-0.3, -0.25) is 0 Å². The lowest BCUT2D eigenvalue weighted by atomic mass is 10.2. The van der Waals surface area contributed by atoms with E-state index < -0.39 is 15.8 Å². The molecule has 0 aliphatic carbocycles. The molecule has 0 aromatic heterocycles. The van der Waals surface area contributed by atoms with Crippen LogP contribution in [-0.4, -0.2) is 34.7 Å². The van der Waals surface area contributed by atoms with Gasteiger partial charge in [-0.2, -0.15) is 0 Å². The van der Waals surface area contributed by atoms with Gasteiger partial charge in [-0.15, -0.1) is 0 Å². The molecule has 0 amide bonds. The molecule has 0 spiro atoms. The zero-order valence-corrected chi connectivity index (χ0v) is 12.1. The number of hydrogen-bond acceptors (Lipinski definition) is 4. The summed E-state index contributed by atoms with van der Waals surface area (Å²) < 4.78 is 44.9. The summed E-state index contributed by atoms with van der Waals surface area (Å²) in [5.41, 5.74) is 5.32. The van der Waals surface area contributed by atoms with Gasteiger partial charge in [0.2, 0.25) is 10.0 Å². The molecule has 0 saturated carbocycles. The van der Waals surface area contributed by atoms with E-state index in [2.05, 4.69) is 16.6 Å². The SMILES string of the molecule is COC(C)CNS(=O)(=O)c1ccc(F)cc1C#CCN. The predicted octanol–water partition coefficient (Wildman–Crippen LogP) is 0.449.